The van der Waals surface area contributed by atoms with Crippen molar-refractivity contribution in [3.8, 4) is 0 Å². The fourth-order valence-corrected chi connectivity index (χ4v) is 4.47. The van der Waals surface area contributed by atoms with Crippen molar-refractivity contribution in [1.29, 1.82) is 0 Å². The Kier molecular flexibility index (Phi) is 10.8. The van der Waals surface area contributed by atoms with Gasteiger partial charge in [0.2, 0.25) is 5.91 Å². The van der Waals surface area contributed by atoms with E-state index in [1.165, 1.54) is 0 Å². The maximum Gasteiger partial charge on any atom is 0.408 e. The molecule has 0 saturated carbocycles. The van der Waals surface area contributed by atoms with Gasteiger partial charge in [-0.05, 0) is 83.2 Å². The molecule has 0 aliphatic carbocycles. The number of nitrogens with zero attached hydrogens (tertiary/aromatic N) is 1. The molecule has 2 atom stereocenters. The number of benzene rings is 2. The van der Waals surface area contributed by atoms with Crippen LogP contribution >= 0.6 is 12.6 Å². The van der Waals surface area contributed by atoms with Crippen molar-refractivity contribution in [2.45, 2.75) is 85.0 Å². The number of para-hydroxylation sites is 1. The number of anilines is 1. The first-order valence-corrected chi connectivity index (χ1v) is 13.8. The van der Waals surface area contributed by atoms with Crippen molar-refractivity contribution in [3.63, 3.8) is 0 Å². The summed E-state index contributed by atoms with van der Waals surface area (Å²) in [6, 6.07) is 11.2. The number of hydrogen-bond donors (Lipinski definition) is 3. The Balaban J connectivity index is 2.66. The molecule has 3 amide bonds. The molecule has 2 aromatic carbocycles. The summed E-state index contributed by atoms with van der Waals surface area (Å²) in [5.74, 6) is -0.779. The SMILES string of the molecule is C=Cc1cccc(C(C(=O)Nc2c(C)cccc2C)N(C(=O)C(CS)NC(=O)OC(C)(C)C)C(C)(C)CC)c1. The Morgan fingerprint density at radius 2 is 1.64 bits per heavy atom. The second-order valence-electron chi connectivity index (χ2n) is 11.3. The molecule has 0 aromatic heterocycles. The van der Waals surface area contributed by atoms with Crippen LogP contribution in [0, 0.1) is 13.8 Å². The quantitative estimate of drug-likeness (QED) is 0.295. The maximum atomic E-state index is 14.2. The molecule has 0 aliphatic heterocycles. The van der Waals surface area contributed by atoms with E-state index >= 15 is 0 Å². The Hall–Kier alpha value is -3.26. The molecule has 2 N–H and O–H groups in total. The summed E-state index contributed by atoms with van der Waals surface area (Å²) in [5, 5.41) is 5.74. The van der Waals surface area contributed by atoms with Gasteiger partial charge in [-0.3, -0.25) is 9.59 Å². The van der Waals surface area contributed by atoms with Crippen molar-refractivity contribution in [1.82, 2.24) is 10.2 Å². The summed E-state index contributed by atoms with van der Waals surface area (Å²) in [6.07, 6.45) is 1.52. The van der Waals surface area contributed by atoms with Gasteiger partial charge >= 0.3 is 6.09 Å². The summed E-state index contributed by atoms with van der Waals surface area (Å²) < 4.78 is 5.39. The smallest absolute Gasteiger partial charge is 0.408 e. The number of carbonyl (C=O) groups is 3. The molecule has 2 aromatic rings. The number of aryl methyl sites for hydroxylation is 2. The van der Waals surface area contributed by atoms with Crippen LogP contribution < -0.4 is 10.6 Å². The number of nitrogens with one attached hydrogen (secondary N) is 2. The van der Waals surface area contributed by atoms with E-state index < -0.39 is 35.2 Å². The lowest BCUT2D eigenvalue weighted by molar-refractivity contribution is -0.147. The minimum atomic E-state index is -1.02. The lowest BCUT2D eigenvalue weighted by Gasteiger charge is -2.44. The molecule has 0 fully saturated rings. The summed E-state index contributed by atoms with van der Waals surface area (Å²) >= 11 is 4.38. The second-order valence-corrected chi connectivity index (χ2v) is 11.7. The fraction of sp³-hybridized carbons (Fsp3) is 0.452. The van der Waals surface area contributed by atoms with Crippen LogP contribution in [0.15, 0.2) is 49.0 Å². The van der Waals surface area contributed by atoms with E-state index in [2.05, 4.69) is 29.8 Å². The van der Waals surface area contributed by atoms with Crippen LogP contribution in [0.3, 0.4) is 0 Å². The zero-order valence-electron chi connectivity index (χ0n) is 24.4. The number of carbonyl (C=O) groups excluding carboxylic acids is 3. The van der Waals surface area contributed by atoms with Gasteiger partial charge < -0.3 is 20.3 Å². The van der Waals surface area contributed by atoms with E-state index in [0.29, 0.717) is 17.7 Å². The van der Waals surface area contributed by atoms with Gasteiger partial charge in [0.25, 0.3) is 5.91 Å². The Morgan fingerprint density at radius 3 is 2.15 bits per heavy atom. The third-order valence-electron chi connectivity index (χ3n) is 6.62. The zero-order chi connectivity index (χ0) is 29.5. The molecule has 0 radical (unpaired) electrons. The third-order valence-corrected chi connectivity index (χ3v) is 6.99. The van der Waals surface area contributed by atoms with E-state index in [4.69, 9.17) is 4.74 Å². The number of alkyl carbamates (subject to hydrolysis) is 1. The molecule has 0 saturated heterocycles. The van der Waals surface area contributed by atoms with E-state index in [9.17, 15) is 14.4 Å². The van der Waals surface area contributed by atoms with Crippen molar-refractivity contribution in [3.05, 3.63) is 71.3 Å². The van der Waals surface area contributed by atoms with Gasteiger partial charge in [0.15, 0.2) is 0 Å². The molecule has 0 spiro atoms. The van der Waals surface area contributed by atoms with Gasteiger partial charge in [0.1, 0.15) is 17.7 Å². The molecular formula is C31H43N3O4S. The summed E-state index contributed by atoms with van der Waals surface area (Å²) in [4.78, 5) is 42.6. The van der Waals surface area contributed by atoms with Crippen molar-refractivity contribution >= 4 is 42.3 Å². The summed E-state index contributed by atoms with van der Waals surface area (Å²) in [6.45, 7) is 18.7. The second kappa shape index (κ2) is 13.2. The van der Waals surface area contributed by atoms with Crippen LogP contribution in [0.2, 0.25) is 0 Å². The number of rotatable bonds is 10. The average molecular weight is 554 g/mol. The third kappa shape index (κ3) is 8.36. The van der Waals surface area contributed by atoms with E-state index in [1.54, 1.807) is 31.7 Å². The standard InChI is InChI=1S/C31H43N3O4S/c1-10-22-16-13-17-23(18-22)26(27(35)33-25-20(3)14-12-15-21(25)4)34(31(8,9)11-2)28(36)24(19-39)32-29(37)38-30(5,6)7/h10,12-18,24,26,39H,1,11,19H2,2-9H3,(H,32,37)(H,33,35). The lowest BCUT2D eigenvalue weighted by atomic mass is 9.91. The fourth-order valence-electron chi connectivity index (χ4n) is 4.23. The monoisotopic (exact) mass is 553 g/mol. The molecule has 0 aliphatic rings. The van der Waals surface area contributed by atoms with Crippen molar-refractivity contribution in [2.24, 2.45) is 0 Å². The van der Waals surface area contributed by atoms with Gasteiger partial charge in [-0.25, -0.2) is 4.79 Å². The molecular weight excluding hydrogens is 510 g/mol. The first kappa shape index (κ1) is 32.0. The van der Waals surface area contributed by atoms with Crippen LogP contribution in [0.5, 0.6) is 0 Å². The van der Waals surface area contributed by atoms with Crippen LogP contribution in [-0.4, -0.2) is 45.7 Å². The van der Waals surface area contributed by atoms with Gasteiger partial charge in [0, 0.05) is 17.0 Å². The highest BCUT2D eigenvalue weighted by atomic mass is 32.1. The molecule has 2 rings (SSSR count). The molecule has 0 heterocycles. The maximum absolute atomic E-state index is 14.2. The highest BCUT2D eigenvalue weighted by Crippen LogP contribution is 2.34. The van der Waals surface area contributed by atoms with E-state index in [1.807, 2.05) is 77.1 Å². The molecule has 212 valence electrons. The number of amides is 3. The molecule has 7 nitrogen and oxygen atoms in total. The number of thiol groups is 1. The van der Waals surface area contributed by atoms with Gasteiger partial charge in [-0.2, -0.15) is 12.6 Å². The van der Waals surface area contributed by atoms with Crippen molar-refractivity contribution in [2.75, 3.05) is 11.1 Å². The van der Waals surface area contributed by atoms with Crippen LogP contribution in [0.1, 0.15) is 76.3 Å². The number of hydrogen-bond acceptors (Lipinski definition) is 5. The average Bonchev–Trinajstić information content (AvgIpc) is 2.86. The molecule has 2 unspecified atom stereocenters. The lowest BCUT2D eigenvalue weighted by Crippen LogP contribution is -2.59. The normalized spacial score (nSPS) is 13.2. The predicted octanol–water partition coefficient (Wildman–Crippen LogP) is 6.47. The van der Waals surface area contributed by atoms with Crippen LogP contribution in [0.4, 0.5) is 10.5 Å². The minimum Gasteiger partial charge on any atom is -0.444 e. The Bertz CT molecular complexity index is 1180. The molecule has 8 heteroatoms. The Labute approximate surface area is 238 Å². The first-order valence-electron chi connectivity index (χ1n) is 13.2. The highest BCUT2D eigenvalue weighted by Gasteiger charge is 2.43. The first-order chi connectivity index (χ1) is 18.1. The summed E-state index contributed by atoms with van der Waals surface area (Å²) in [5.41, 5.74) is 2.46. The van der Waals surface area contributed by atoms with Gasteiger partial charge in [0.05, 0.1) is 0 Å². The summed E-state index contributed by atoms with van der Waals surface area (Å²) in [7, 11) is 0. The topological polar surface area (TPSA) is 87.7 Å². The molecule has 0 bridgehead atoms. The van der Waals surface area contributed by atoms with Crippen molar-refractivity contribution < 1.29 is 19.1 Å². The minimum absolute atomic E-state index is 0.0201. The highest BCUT2D eigenvalue weighted by molar-refractivity contribution is 7.80. The largest absolute Gasteiger partial charge is 0.444 e. The zero-order valence-corrected chi connectivity index (χ0v) is 25.3. The van der Waals surface area contributed by atoms with Crippen LogP contribution in [0.25, 0.3) is 6.08 Å². The van der Waals surface area contributed by atoms with Crippen LogP contribution in [-0.2, 0) is 14.3 Å². The number of ether oxygens (including phenoxy) is 1. The van der Waals surface area contributed by atoms with Gasteiger partial charge in [-0.1, -0.05) is 56.0 Å². The predicted molar refractivity (Wildman–Crippen MR) is 162 cm³/mol. The van der Waals surface area contributed by atoms with E-state index in [-0.39, 0.29) is 11.7 Å². The van der Waals surface area contributed by atoms with Gasteiger partial charge in [-0.15, -0.1) is 0 Å². The van der Waals surface area contributed by atoms with E-state index in [0.717, 1.165) is 16.7 Å². The Morgan fingerprint density at radius 1 is 1.05 bits per heavy atom. The molecule has 39 heavy (non-hydrogen) atoms.